The Hall–Kier alpha value is -3.21. The monoisotopic (exact) mass is 432 g/mol. The second-order valence-corrected chi connectivity index (χ2v) is 8.51. The molecule has 7 nitrogen and oxygen atoms in total. The van der Waals surface area contributed by atoms with Gasteiger partial charge in [-0.05, 0) is 68.9 Å². The van der Waals surface area contributed by atoms with Crippen molar-refractivity contribution in [2.24, 2.45) is 0 Å². The minimum absolute atomic E-state index is 0.0194. The highest BCUT2D eigenvalue weighted by Crippen LogP contribution is 2.38. The van der Waals surface area contributed by atoms with Crippen molar-refractivity contribution in [3.8, 4) is 34.7 Å². The molecule has 4 rings (SSSR count). The molecule has 1 aliphatic rings. The van der Waals surface area contributed by atoms with Gasteiger partial charge >= 0.3 is 0 Å². The van der Waals surface area contributed by atoms with Crippen molar-refractivity contribution in [1.82, 2.24) is 15.5 Å². The lowest BCUT2D eigenvalue weighted by atomic mass is 9.98. The summed E-state index contributed by atoms with van der Waals surface area (Å²) in [5.74, 6) is 1.87. The van der Waals surface area contributed by atoms with Gasteiger partial charge in [-0.25, -0.2) is 0 Å². The molecule has 1 unspecified atom stereocenters. The molecule has 0 bridgehead atoms. The molecule has 0 radical (unpaired) electrons. The third-order valence-corrected chi connectivity index (χ3v) is 5.76. The largest absolute Gasteiger partial charge is 0.490 e. The standard InChI is InChI=1S/C25H28N4O3/c1-15(2)31-23-10-8-17(11-19(23)12-26)25-28-24(29-32-25)22-6-4-5-20-18(7-9-21(20)22)13-27-16(3)14-30/h4-6,8,10-11,15-16,18,27,30H,7,9,13-14H2,1-3H3/t16-,18?/m1/s1. The quantitative estimate of drug-likeness (QED) is 0.553. The number of fused-ring (bicyclic) bond motifs is 1. The van der Waals surface area contributed by atoms with E-state index >= 15 is 0 Å². The van der Waals surface area contributed by atoms with Crippen molar-refractivity contribution >= 4 is 0 Å². The fourth-order valence-corrected chi connectivity index (χ4v) is 4.13. The molecule has 0 amide bonds. The maximum Gasteiger partial charge on any atom is 0.258 e. The Morgan fingerprint density at radius 1 is 1.28 bits per heavy atom. The first-order valence-corrected chi connectivity index (χ1v) is 11.0. The maximum absolute atomic E-state index is 9.49. The van der Waals surface area contributed by atoms with Crippen LogP contribution in [0.5, 0.6) is 5.75 Å². The zero-order valence-electron chi connectivity index (χ0n) is 18.6. The van der Waals surface area contributed by atoms with Crippen molar-refractivity contribution in [3.63, 3.8) is 0 Å². The van der Waals surface area contributed by atoms with Gasteiger partial charge in [-0.15, -0.1) is 0 Å². The van der Waals surface area contributed by atoms with Gasteiger partial charge in [0.05, 0.1) is 18.3 Å². The Kier molecular flexibility index (Phi) is 6.54. The number of ether oxygens (including phenoxy) is 1. The van der Waals surface area contributed by atoms with Crippen LogP contribution in [0.3, 0.4) is 0 Å². The number of nitrogens with zero attached hydrogens (tertiary/aromatic N) is 3. The number of nitriles is 1. The zero-order valence-corrected chi connectivity index (χ0v) is 18.6. The van der Waals surface area contributed by atoms with E-state index < -0.39 is 0 Å². The van der Waals surface area contributed by atoms with E-state index in [2.05, 4.69) is 27.6 Å². The first-order chi connectivity index (χ1) is 15.5. The molecule has 0 aliphatic heterocycles. The van der Waals surface area contributed by atoms with Gasteiger partial charge in [0, 0.05) is 23.7 Å². The van der Waals surface area contributed by atoms with Crippen LogP contribution < -0.4 is 10.1 Å². The lowest BCUT2D eigenvalue weighted by Gasteiger charge is -2.16. The van der Waals surface area contributed by atoms with Crippen molar-refractivity contribution < 1.29 is 14.4 Å². The van der Waals surface area contributed by atoms with Crippen molar-refractivity contribution in [3.05, 3.63) is 53.1 Å². The normalized spacial score (nSPS) is 16.1. The summed E-state index contributed by atoms with van der Waals surface area (Å²) in [6.45, 7) is 6.78. The minimum Gasteiger partial charge on any atom is -0.490 e. The molecule has 0 saturated heterocycles. The molecule has 2 atom stereocenters. The van der Waals surface area contributed by atoms with Crippen LogP contribution in [0.2, 0.25) is 0 Å². The zero-order chi connectivity index (χ0) is 22.7. The number of aliphatic hydroxyl groups excluding tert-OH is 1. The number of aromatic nitrogens is 2. The van der Waals surface area contributed by atoms with E-state index in [1.165, 1.54) is 11.1 Å². The molecular formula is C25H28N4O3. The molecule has 0 fully saturated rings. The summed E-state index contributed by atoms with van der Waals surface area (Å²) in [6.07, 6.45) is 1.98. The first kappa shape index (κ1) is 22.0. The second-order valence-electron chi connectivity index (χ2n) is 8.51. The SMILES string of the molecule is CC(C)Oc1ccc(-c2nc(-c3cccc4c3CCC4CN[C@H](C)CO)no2)cc1C#N. The molecule has 0 saturated carbocycles. The third-order valence-electron chi connectivity index (χ3n) is 5.76. The average Bonchev–Trinajstić information content (AvgIpc) is 3.44. The summed E-state index contributed by atoms with van der Waals surface area (Å²) < 4.78 is 11.2. The van der Waals surface area contributed by atoms with E-state index in [0.717, 1.165) is 24.9 Å². The van der Waals surface area contributed by atoms with Gasteiger partial charge in [-0.2, -0.15) is 10.2 Å². The van der Waals surface area contributed by atoms with Gasteiger partial charge in [0.2, 0.25) is 5.82 Å². The van der Waals surface area contributed by atoms with Crippen LogP contribution in [0, 0.1) is 11.3 Å². The van der Waals surface area contributed by atoms with E-state index in [1.807, 2.05) is 39.0 Å². The van der Waals surface area contributed by atoms with Gasteiger partial charge in [0.1, 0.15) is 11.8 Å². The van der Waals surface area contributed by atoms with Crippen LogP contribution in [0.15, 0.2) is 40.9 Å². The second kappa shape index (κ2) is 9.51. The highest BCUT2D eigenvalue weighted by atomic mass is 16.5. The number of rotatable bonds is 8. The van der Waals surface area contributed by atoms with Crippen LogP contribution >= 0.6 is 0 Å². The maximum atomic E-state index is 9.49. The first-order valence-electron chi connectivity index (χ1n) is 11.0. The molecule has 3 aromatic rings. The summed E-state index contributed by atoms with van der Waals surface area (Å²) in [5, 5.41) is 26.4. The van der Waals surface area contributed by atoms with Crippen molar-refractivity contribution in [1.29, 1.82) is 5.26 Å². The number of nitrogens with one attached hydrogen (secondary N) is 1. The lowest BCUT2D eigenvalue weighted by Crippen LogP contribution is -2.32. The lowest BCUT2D eigenvalue weighted by molar-refractivity contribution is 0.241. The van der Waals surface area contributed by atoms with Gasteiger partial charge < -0.3 is 19.7 Å². The molecule has 1 aliphatic carbocycles. The van der Waals surface area contributed by atoms with Gasteiger partial charge in [0.25, 0.3) is 5.89 Å². The summed E-state index contributed by atoms with van der Waals surface area (Å²) in [4.78, 5) is 4.63. The number of hydrogen-bond acceptors (Lipinski definition) is 7. The predicted molar refractivity (Wildman–Crippen MR) is 121 cm³/mol. The highest BCUT2D eigenvalue weighted by molar-refractivity contribution is 5.67. The van der Waals surface area contributed by atoms with Crippen molar-refractivity contribution in [2.45, 2.75) is 51.7 Å². The number of benzene rings is 2. The highest BCUT2D eigenvalue weighted by Gasteiger charge is 2.26. The summed E-state index contributed by atoms with van der Waals surface area (Å²) >= 11 is 0. The van der Waals surface area contributed by atoms with Crippen LogP contribution in [0.1, 0.15) is 49.8 Å². The van der Waals surface area contributed by atoms with Crippen LogP contribution in [-0.2, 0) is 6.42 Å². The van der Waals surface area contributed by atoms with Gasteiger partial charge in [0.15, 0.2) is 0 Å². The topological polar surface area (TPSA) is 104 Å². The minimum atomic E-state index is -0.0194. The molecule has 2 aromatic carbocycles. The summed E-state index contributed by atoms with van der Waals surface area (Å²) in [7, 11) is 0. The Morgan fingerprint density at radius 3 is 2.88 bits per heavy atom. The molecule has 2 N–H and O–H groups in total. The molecule has 166 valence electrons. The Bertz CT molecular complexity index is 1130. The molecule has 7 heteroatoms. The summed E-state index contributed by atoms with van der Waals surface area (Å²) in [5.41, 5.74) is 4.65. The smallest absolute Gasteiger partial charge is 0.258 e. The van der Waals surface area contributed by atoms with E-state index in [9.17, 15) is 10.4 Å². The Balaban J connectivity index is 1.59. The van der Waals surface area contributed by atoms with E-state index in [4.69, 9.17) is 9.26 Å². The molecular weight excluding hydrogens is 404 g/mol. The molecule has 1 heterocycles. The van der Waals surface area contributed by atoms with Gasteiger partial charge in [-0.3, -0.25) is 0 Å². The van der Waals surface area contributed by atoms with E-state index in [0.29, 0.717) is 34.5 Å². The predicted octanol–water partition coefficient (Wildman–Crippen LogP) is 4.06. The van der Waals surface area contributed by atoms with E-state index in [-0.39, 0.29) is 18.8 Å². The average molecular weight is 433 g/mol. The van der Waals surface area contributed by atoms with Crippen molar-refractivity contribution in [2.75, 3.05) is 13.2 Å². The van der Waals surface area contributed by atoms with E-state index in [1.54, 1.807) is 12.1 Å². The fraction of sp³-hybridized carbons (Fsp3) is 0.400. The third kappa shape index (κ3) is 4.52. The molecule has 1 aromatic heterocycles. The molecule has 32 heavy (non-hydrogen) atoms. The van der Waals surface area contributed by atoms with Crippen LogP contribution in [0.25, 0.3) is 22.8 Å². The van der Waals surface area contributed by atoms with Crippen LogP contribution in [-0.4, -0.2) is 40.5 Å². The Morgan fingerprint density at radius 2 is 2.12 bits per heavy atom. The summed E-state index contributed by atoms with van der Waals surface area (Å²) in [6, 6.07) is 13.8. The fourth-order valence-electron chi connectivity index (χ4n) is 4.13. The number of hydrogen-bond donors (Lipinski definition) is 2. The van der Waals surface area contributed by atoms with Crippen LogP contribution in [0.4, 0.5) is 0 Å². The van der Waals surface area contributed by atoms with Gasteiger partial charge in [-0.1, -0.05) is 23.4 Å². The Labute approximate surface area is 188 Å². The molecule has 0 spiro atoms. The number of aliphatic hydroxyl groups is 1.